The summed E-state index contributed by atoms with van der Waals surface area (Å²) in [6, 6.07) is 14.1. The lowest BCUT2D eigenvalue weighted by molar-refractivity contribution is -0.115. The van der Waals surface area contributed by atoms with Gasteiger partial charge in [0.15, 0.2) is 0 Å². The highest BCUT2D eigenvalue weighted by Crippen LogP contribution is 2.26. The van der Waals surface area contributed by atoms with Crippen LogP contribution in [0, 0.1) is 0 Å². The number of piperidine rings is 1. The number of thioether (sulfide) groups is 1. The molecule has 4 heterocycles. The summed E-state index contributed by atoms with van der Waals surface area (Å²) in [6.45, 7) is 2.61. The maximum atomic E-state index is 11.9. The van der Waals surface area contributed by atoms with Crippen molar-refractivity contribution in [2.45, 2.75) is 25.4 Å². The molecule has 0 aliphatic carbocycles. The molecule has 3 aromatic rings. The van der Waals surface area contributed by atoms with E-state index >= 15 is 0 Å². The molecule has 0 bridgehead atoms. The first kappa shape index (κ1) is 22.3. The predicted octanol–water partition coefficient (Wildman–Crippen LogP) is 3.43. The molecular formula is C24H24N6O3S. The van der Waals surface area contributed by atoms with Gasteiger partial charge in [-0.15, -0.1) is 0 Å². The lowest BCUT2D eigenvalue weighted by atomic mass is 10.1. The van der Waals surface area contributed by atoms with Crippen molar-refractivity contribution in [3.05, 3.63) is 58.8 Å². The van der Waals surface area contributed by atoms with Crippen LogP contribution >= 0.6 is 11.8 Å². The Morgan fingerprint density at radius 1 is 1.21 bits per heavy atom. The van der Waals surface area contributed by atoms with Crippen molar-refractivity contribution in [1.82, 2.24) is 25.2 Å². The van der Waals surface area contributed by atoms with Crippen LogP contribution in [0.2, 0.25) is 0 Å². The van der Waals surface area contributed by atoms with Gasteiger partial charge < -0.3 is 10.1 Å². The zero-order valence-corrected chi connectivity index (χ0v) is 19.5. The molecule has 2 aliphatic rings. The van der Waals surface area contributed by atoms with Gasteiger partial charge in [-0.3, -0.25) is 24.8 Å². The Morgan fingerprint density at radius 3 is 2.91 bits per heavy atom. The van der Waals surface area contributed by atoms with Crippen molar-refractivity contribution in [2.75, 3.05) is 25.5 Å². The summed E-state index contributed by atoms with van der Waals surface area (Å²) in [4.78, 5) is 39.8. The number of likely N-dealkylation sites (tertiary alicyclic amines) is 1. The Hall–Kier alpha value is -3.50. The van der Waals surface area contributed by atoms with Gasteiger partial charge >= 0.3 is 0 Å². The number of anilines is 1. The lowest BCUT2D eigenvalue weighted by Crippen LogP contribution is -2.42. The average Bonchev–Trinajstić information content (AvgIpc) is 3.15. The van der Waals surface area contributed by atoms with Gasteiger partial charge in [0.25, 0.3) is 11.1 Å². The minimum absolute atomic E-state index is 0.160. The second-order valence-electron chi connectivity index (χ2n) is 8.22. The number of pyridine rings is 1. The van der Waals surface area contributed by atoms with Crippen LogP contribution in [-0.4, -0.2) is 57.2 Å². The summed E-state index contributed by atoms with van der Waals surface area (Å²) in [5.74, 6) is 0.385. The van der Waals surface area contributed by atoms with Crippen LogP contribution in [0.15, 0.2) is 47.4 Å². The highest BCUT2D eigenvalue weighted by atomic mass is 32.2. The Labute approximate surface area is 201 Å². The van der Waals surface area contributed by atoms with Crippen LogP contribution in [0.25, 0.3) is 17.0 Å². The van der Waals surface area contributed by atoms with Gasteiger partial charge in [-0.25, -0.2) is 4.98 Å². The number of hydrogen-bond donors (Lipinski definition) is 2. The molecule has 2 saturated heterocycles. The lowest BCUT2D eigenvalue weighted by Gasteiger charge is -2.33. The molecule has 2 amide bonds. The molecule has 5 rings (SSSR count). The number of para-hydroxylation sites is 1. The topological polar surface area (TPSA) is 109 Å². The van der Waals surface area contributed by atoms with E-state index < -0.39 is 5.91 Å². The first-order chi connectivity index (χ1) is 16.6. The largest absolute Gasteiger partial charge is 0.481 e. The molecule has 0 spiro atoms. The van der Waals surface area contributed by atoms with E-state index in [4.69, 9.17) is 9.72 Å². The molecule has 34 heavy (non-hydrogen) atoms. The molecule has 1 aromatic carbocycles. The number of carbonyl (C=O) groups excluding carboxylic acids is 2. The van der Waals surface area contributed by atoms with E-state index in [0.29, 0.717) is 22.4 Å². The third-order valence-electron chi connectivity index (χ3n) is 5.73. The highest BCUT2D eigenvalue weighted by Gasteiger charge is 2.26. The number of aromatic nitrogens is 3. The second-order valence-corrected chi connectivity index (χ2v) is 9.24. The maximum Gasteiger partial charge on any atom is 0.290 e. The zero-order chi connectivity index (χ0) is 23.5. The van der Waals surface area contributed by atoms with Crippen molar-refractivity contribution >= 4 is 45.8 Å². The van der Waals surface area contributed by atoms with E-state index in [-0.39, 0.29) is 11.3 Å². The summed E-state index contributed by atoms with van der Waals surface area (Å²) < 4.78 is 5.32. The molecule has 0 unspecified atom stereocenters. The van der Waals surface area contributed by atoms with E-state index in [1.54, 1.807) is 12.1 Å². The molecule has 0 saturated carbocycles. The number of hydrogen-bond acceptors (Lipinski definition) is 9. The van der Waals surface area contributed by atoms with E-state index in [1.807, 2.05) is 18.2 Å². The van der Waals surface area contributed by atoms with Crippen LogP contribution in [0.5, 0.6) is 5.88 Å². The average molecular weight is 477 g/mol. The van der Waals surface area contributed by atoms with Crippen LogP contribution in [-0.2, 0) is 11.3 Å². The van der Waals surface area contributed by atoms with Gasteiger partial charge in [0.2, 0.25) is 11.8 Å². The minimum Gasteiger partial charge on any atom is -0.481 e. The smallest absolute Gasteiger partial charge is 0.290 e. The zero-order valence-electron chi connectivity index (χ0n) is 18.7. The Morgan fingerprint density at radius 2 is 2.09 bits per heavy atom. The van der Waals surface area contributed by atoms with Gasteiger partial charge in [0.1, 0.15) is 0 Å². The number of imide groups is 1. The van der Waals surface area contributed by atoms with Gasteiger partial charge in [-0.2, -0.15) is 4.98 Å². The van der Waals surface area contributed by atoms with E-state index in [0.717, 1.165) is 60.8 Å². The summed E-state index contributed by atoms with van der Waals surface area (Å²) in [5, 5.41) is 6.42. The first-order valence-electron chi connectivity index (χ1n) is 11.1. The van der Waals surface area contributed by atoms with Crippen molar-refractivity contribution in [2.24, 2.45) is 0 Å². The Kier molecular flexibility index (Phi) is 6.41. The van der Waals surface area contributed by atoms with Crippen LogP contribution in [0.1, 0.15) is 24.2 Å². The fourth-order valence-electron chi connectivity index (χ4n) is 4.17. The van der Waals surface area contributed by atoms with Crippen molar-refractivity contribution in [3.8, 4) is 5.88 Å². The van der Waals surface area contributed by atoms with Gasteiger partial charge in [0.05, 0.1) is 28.9 Å². The monoisotopic (exact) mass is 476 g/mol. The predicted molar refractivity (Wildman–Crippen MR) is 131 cm³/mol. The maximum absolute atomic E-state index is 11.9. The molecule has 1 atom stereocenters. The third kappa shape index (κ3) is 5.18. The van der Waals surface area contributed by atoms with E-state index in [1.165, 1.54) is 7.11 Å². The minimum atomic E-state index is -0.424. The van der Waals surface area contributed by atoms with E-state index in [2.05, 4.69) is 43.7 Å². The number of methoxy groups -OCH3 is 1. The number of nitrogens with zero attached hydrogens (tertiary/aromatic N) is 4. The number of amides is 2. The molecule has 2 N–H and O–H groups in total. The second kappa shape index (κ2) is 9.78. The van der Waals surface area contributed by atoms with Crippen molar-refractivity contribution in [3.63, 3.8) is 0 Å². The number of fused-ring (bicyclic) bond motifs is 1. The Bertz CT molecular complexity index is 1280. The van der Waals surface area contributed by atoms with Crippen LogP contribution in [0.4, 0.5) is 10.7 Å². The molecule has 2 fully saturated rings. The molecule has 2 aromatic heterocycles. The summed E-state index contributed by atoms with van der Waals surface area (Å²) in [5.41, 5.74) is 2.55. The van der Waals surface area contributed by atoms with Crippen LogP contribution in [0.3, 0.4) is 0 Å². The molecule has 0 radical (unpaired) electrons. The summed E-state index contributed by atoms with van der Waals surface area (Å²) in [7, 11) is 1.53. The van der Waals surface area contributed by atoms with Crippen molar-refractivity contribution < 1.29 is 14.3 Å². The number of benzene rings is 1. The Balaban J connectivity index is 1.28. The van der Waals surface area contributed by atoms with Gasteiger partial charge in [-0.1, -0.05) is 24.3 Å². The quantitative estimate of drug-likeness (QED) is 0.517. The molecule has 174 valence electrons. The molecule has 2 aliphatic heterocycles. The fourth-order valence-corrected chi connectivity index (χ4v) is 4.83. The highest BCUT2D eigenvalue weighted by molar-refractivity contribution is 8.18. The third-order valence-corrected chi connectivity index (χ3v) is 6.54. The normalized spacial score (nSPS) is 20.0. The molecular weight excluding hydrogens is 452 g/mol. The van der Waals surface area contributed by atoms with Crippen LogP contribution < -0.4 is 15.4 Å². The molecule has 9 nitrogen and oxygen atoms in total. The SMILES string of the molecule is COc1cc(/C=C2\SC(=O)NC2=O)nc(N[C@H]2CCCN(Cc3ccc4ccccc4n3)C2)n1. The number of rotatable bonds is 6. The number of carbonyl (C=O) groups is 2. The van der Waals surface area contributed by atoms with Gasteiger partial charge in [-0.05, 0) is 49.4 Å². The first-order valence-corrected chi connectivity index (χ1v) is 11.9. The van der Waals surface area contributed by atoms with Gasteiger partial charge in [0, 0.05) is 30.6 Å². The number of nitrogens with one attached hydrogen (secondary N) is 2. The van der Waals surface area contributed by atoms with Crippen molar-refractivity contribution in [1.29, 1.82) is 0 Å². The number of ether oxygens (including phenoxy) is 1. The summed E-state index contributed by atoms with van der Waals surface area (Å²) >= 11 is 0.853. The molecule has 10 heteroatoms. The van der Waals surface area contributed by atoms with E-state index in [9.17, 15) is 9.59 Å². The fraction of sp³-hybridized carbons (Fsp3) is 0.292. The summed E-state index contributed by atoms with van der Waals surface area (Å²) in [6.07, 6.45) is 3.61. The standard InChI is InChI=1S/C24H24N6O3S/c1-33-21-12-18(11-20-22(31)29-24(32)34-20)27-23(28-21)26-16-6-4-10-30(13-16)14-17-9-8-15-5-2-3-7-19(15)25-17/h2-3,5,7-9,11-12,16H,4,6,10,13-14H2,1H3,(H,26,27,28)(H,29,31,32)/b20-11-/t16-/m0/s1.